The van der Waals surface area contributed by atoms with Gasteiger partial charge in [0.25, 0.3) is 0 Å². The van der Waals surface area contributed by atoms with E-state index in [1.165, 1.54) is 32.1 Å². The number of anilines is 1. The van der Waals surface area contributed by atoms with E-state index in [0.29, 0.717) is 18.4 Å². The number of amides is 1. The summed E-state index contributed by atoms with van der Waals surface area (Å²) in [6.45, 7) is 8.49. The largest absolute Gasteiger partial charge is 0.444 e. The van der Waals surface area contributed by atoms with Gasteiger partial charge in [0, 0.05) is 18.2 Å². The maximum absolute atomic E-state index is 11.9. The number of carbonyl (C=O) groups is 1. The lowest BCUT2D eigenvalue weighted by Gasteiger charge is -2.29. The summed E-state index contributed by atoms with van der Waals surface area (Å²) in [5.41, 5.74) is 0.439. The highest BCUT2D eigenvalue weighted by molar-refractivity contribution is 5.84. The molecule has 1 aliphatic rings. The number of nitrogens with one attached hydrogen (secondary N) is 3. The fourth-order valence-electron chi connectivity index (χ4n) is 3.06. The average Bonchev–Trinajstić information content (AvgIpc) is 2.90. The fourth-order valence-corrected chi connectivity index (χ4v) is 3.06. The summed E-state index contributed by atoms with van der Waals surface area (Å²) < 4.78 is 5.27. The maximum Gasteiger partial charge on any atom is 0.413 e. The summed E-state index contributed by atoms with van der Waals surface area (Å²) in [5.74, 6) is 1.44. The van der Waals surface area contributed by atoms with E-state index in [0.717, 1.165) is 11.5 Å². The smallest absolute Gasteiger partial charge is 0.413 e. The summed E-state index contributed by atoms with van der Waals surface area (Å²) in [5, 5.41) is 13.2. The summed E-state index contributed by atoms with van der Waals surface area (Å²) >= 11 is 0. The summed E-state index contributed by atoms with van der Waals surface area (Å²) in [6, 6.07) is 0.554. The van der Waals surface area contributed by atoms with Gasteiger partial charge in [-0.15, -0.1) is 0 Å². The van der Waals surface area contributed by atoms with Gasteiger partial charge < -0.3 is 10.1 Å². The Morgan fingerprint density at radius 2 is 2.22 bits per heavy atom. The molecule has 2 unspecified atom stereocenters. The molecular weight excluding hydrogens is 292 g/mol. The molecule has 0 aromatic carbocycles. The molecule has 1 amide bonds. The molecule has 6 nitrogen and oxygen atoms in total. The molecule has 2 rings (SSSR count). The number of aromatic nitrogens is 2. The van der Waals surface area contributed by atoms with Crippen molar-refractivity contribution >= 4 is 11.9 Å². The highest BCUT2D eigenvalue weighted by atomic mass is 16.6. The predicted molar refractivity (Wildman–Crippen MR) is 91.3 cm³/mol. The minimum atomic E-state index is -0.514. The van der Waals surface area contributed by atoms with Crippen LogP contribution in [0.3, 0.4) is 0 Å². The van der Waals surface area contributed by atoms with Crippen molar-refractivity contribution in [1.29, 1.82) is 0 Å². The van der Waals surface area contributed by atoms with Gasteiger partial charge in [-0.25, -0.2) is 4.79 Å². The minimum Gasteiger partial charge on any atom is -0.444 e. The molecule has 0 saturated heterocycles. The normalized spacial score (nSPS) is 21.9. The Labute approximate surface area is 138 Å². The van der Waals surface area contributed by atoms with Crippen LogP contribution in [0.2, 0.25) is 0 Å². The van der Waals surface area contributed by atoms with E-state index in [2.05, 4.69) is 27.8 Å². The van der Waals surface area contributed by atoms with E-state index < -0.39 is 11.7 Å². The Morgan fingerprint density at radius 1 is 1.43 bits per heavy atom. The van der Waals surface area contributed by atoms with Crippen LogP contribution in [0.25, 0.3) is 0 Å². The molecule has 0 aliphatic heterocycles. The van der Waals surface area contributed by atoms with Crippen LogP contribution in [-0.4, -0.2) is 27.9 Å². The van der Waals surface area contributed by atoms with Gasteiger partial charge in [0.15, 0.2) is 0 Å². The molecule has 1 heterocycles. The predicted octanol–water partition coefficient (Wildman–Crippen LogP) is 3.82. The molecule has 1 aromatic rings. The third-order valence-corrected chi connectivity index (χ3v) is 4.29. The number of hydrogen-bond acceptors (Lipinski definition) is 4. The standard InChI is InChI=1S/C17H30N4O2/c1-5-12-7-6-8-14(9-12)18-10-13-11-19-21-15(13)20-16(22)23-17(2,3)4/h11-12,14,18H,5-10H2,1-4H3,(H2,19,20,21,22). The number of carbonyl (C=O) groups excluding carboxylic acids is 1. The van der Waals surface area contributed by atoms with Crippen molar-refractivity contribution in [3.63, 3.8) is 0 Å². The van der Waals surface area contributed by atoms with E-state index in [9.17, 15) is 4.79 Å². The first-order chi connectivity index (χ1) is 10.9. The number of rotatable bonds is 5. The zero-order valence-corrected chi connectivity index (χ0v) is 14.7. The van der Waals surface area contributed by atoms with Gasteiger partial charge in [-0.3, -0.25) is 10.4 Å². The van der Waals surface area contributed by atoms with Crippen LogP contribution in [0, 0.1) is 5.92 Å². The molecule has 1 fully saturated rings. The molecule has 3 N–H and O–H groups in total. The van der Waals surface area contributed by atoms with E-state index in [1.807, 2.05) is 20.8 Å². The van der Waals surface area contributed by atoms with Crippen molar-refractivity contribution < 1.29 is 9.53 Å². The summed E-state index contributed by atoms with van der Waals surface area (Å²) in [6.07, 6.45) is 7.66. The molecule has 1 saturated carbocycles. The van der Waals surface area contributed by atoms with Gasteiger partial charge in [-0.05, 0) is 39.5 Å². The van der Waals surface area contributed by atoms with Crippen LogP contribution in [-0.2, 0) is 11.3 Å². The first kappa shape index (κ1) is 17.8. The van der Waals surface area contributed by atoms with Crippen molar-refractivity contribution in [2.45, 2.75) is 78.0 Å². The zero-order chi connectivity index (χ0) is 16.9. The van der Waals surface area contributed by atoms with Gasteiger partial charge in [-0.1, -0.05) is 26.2 Å². The second-order valence-corrected chi connectivity index (χ2v) is 7.42. The first-order valence-electron chi connectivity index (χ1n) is 8.63. The van der Waals surface area contributed by atoms with Crippen molar-refractivity contribution in [2.24, 2.45) is 5.92 Å². The minimum absolute atomic E-state index is 0.466. The molecule has 6 heteroatoms. The molecule has 130 valence electrons. The van der Waals surface area contributed by atoms with Crippen molar-refractivity contribution in [3.8, 4) is 0 Å². The molecule has 0 radical (unpaired) electrons. The number of H-pyrrole nitrogens is 1. The first-order valence-corrected chi connectivity index (χ1v) is 8.63. The van der Waals surface area contributed by atoms with Crippen LogP contribution < -0.4 is 10.6 Å². The van der Waals surface area contributed by atoms with E-state index in [-0.39, 0.29) is 0 Å². The number of nitrogens with zero attached hydrogens (tertiary/aromatic N) is 1. The van der Waals surface area contributed by atoms with Crippen LogP contribution in [0.4, 0.5) is 10.6 Å². The molecule has 1 aliphatic carbocycles. The fraction of sp³-hybridized carbons (Fsp3) is 0.765. The molecule has 2 atom stereocenters. The van der Waals surface area contributed by atoms with Gasteiger partial charge in [-0.2, -0.15) is 5.10 Å². The zero-order valence-electron chi connectivity index (χ0n) is 14.7. The van der Waals surface area contributed by atoms with Gasteiger partial charge >= 0.3 is 6.09 Å². The lowest BCUT2D eigenvalue weighted by Crippen LogP contribution is -2.34. The highest BCUT2D eigenvalue weighted by Crippen LogP contribution is 2.27. The molecule has 0 spiro atoms. The summed E-state index contributed by atoms with van der Waals surface area (Å²) in [4.78, 5) is 11.9. The molecule has 23 heavy (non-hydrogen) atoms. The lowest BCUT2D eigenvalue weighted by atomic mass is 9.84. The lowest BCUT2D eigenvalue weighted by molar-refractivity contribution is 0.0635. The Kier molecular flexibility index (Phi) is 6.04. The van der Waals surface area contributed by atoms with Crippen molar-refractivity contribution in [1.82, 2.24) is 15.5 Å². The topological polar surface area (TPSA) is 79.0 Å². The maximum atomic E-state index is 11.9. The molecule has 0 bridgehead atoms. The number of aromatic amines is 1. The van der Waals surface area contributed by atoms with Crippen molar-refractivity contribution in [3.05, 3.63) is 11.8 Å². The van der Waals surface area contributed by atoms with E-state index in [1.54, 1.807) is 6.20 Å². The van der Waals surface area contributed by atoms with Gasteiger partial charge in [0.2, 0.25) is 0 Å². The van der Waals surface area contributed by atoms with Gasteiger partial charge in [0.05, 0.1) is 6.20 Å². The monoisotopic (exact) mass is 322 g/mol. The van der Waals surface area contributed by atoms with E-state index >= 15 is 0 Å². The Hall–Kier alpha value is -1.56. The Balaban J connectivity index is 1.85. The van der Waals surface area contributed by atoms with Crippen LogP contribution >= 0.6 is 0 Å². The third kappa shape index (κ3) is 5.86. The van der Waals surface area contributed by atoms with E-state index in [4.69, 9.17) is 4.74 Å². The molecule has 1 aromatic heterocycles. The summed E-state index contributed by atoms with van der Waals surface area (Å²) in [7, 11) is 0. The van der Waals surface area contributed by atoms with Crippen LogP contribution in [0.1, 0.15) is 65.4 Å². The second-order valence-electron chi connectivity index (χ2n) is 7.42. The third-order valence-electron chi connectivity index (χ3n) is 4.29. The highest BCUT2D eigenvalue weighted by Gasteiger charge is 2.21. The quantitative estimate of drug-likeness (QED) is 0.770. The van der Waals surface area contributed by atoms with Crippen molar-refractivity contribution in [2.75, 3.05) is 5.32 Å². The van der Waals surface area contributed by atoms with Crippen LogP contribution in [0.15, 0.2) is 6.20 Å². The average molecular weight is 322 g/mol. The second kappa shape index (κ2) is 7.81. The van der Waals surface area contributed by atoms with Crippen LogP contribution in [0.5, 0.6) is 0 Å². The Morgan fingerprint density at radius 3 is 2.91 bits per heavy atom. The number of ether oxygens (including phenoxy) is 1. The Bertz CT molecular complexity index is 507. The number of hydrogen-bond donors (Lipinski definition) is 3. The SMILES string of the molecule is CCC1CCCC(NCc2cn[nH]c2NC(=O)OC(C)(C)C)C1. The van der Waals surface area contributed by atoms with Gasteiger partial charge in [0.1, 0.15) is 11.4 Å². The molecular formula is C17H30N4O2.